The lowest BCUT2D eigenvalue weighted by atomic mass is 10.1. The van der Waals surface area contributed by atoms with Crippen molar-refractivity contribution in [1.82, 2.24) is 4.90 Å². The van der Waals surface area contributed by atoms with Gasteiger partial charge < -0.3 is 19.3 Å². The zero-order chi connectivity index (χ0) is 20.1. The summed E-state index contributed by atoms with van der Waals surface area (Å²) >= 11 is 6.12. The molecule has 1 saturated heterocycles. The van der Waals surface area contributed by atoms with Crippen LogP contribution in [0.4, 0.5) is 5.69 Å². The molecule has 0 radical (unpaired) electrons. The standard InChI is InChI=1S/C21H22ClN3O3/c1-15-3-5-17(22)12-18(15)24-7-9-25(10-8-24)21(26)14-28-19-6-4-16(13-23)11-20(19)27-2/h3-6,11-12H,7-10,14H2,1-2H3. The van der Waals surface area contributed by atoms with Gasteiger partial charge in [-0.1, -0.05) is 17.7 Å². The second kappa shape index (κ2) is 8.85. The predicted octanol–water partition coefficient (Wildman–Crippen LogP) is 3.26. The minimum atomic E-state index is -0.0751. The van der Waals surface area contributed by atoms with Crippen molar-refractivity contribution in [1.29, 1.82) is 5.26 Å². The third kappa shape index (κ3) is 4.49. The average Bonchev–Trinajstić information content (AvgIpc) is 2.73. The summed E-state index contributed by atoms with van der Waals surface area (Å²) in [5.74, 6) is 0.810. The van der Waals surface area contributed by atoms with Crippen molar-refractivity contribution < 1.29 is 14.3 Å². The van der Waals surface area contributed by atoms with Gasteiger partial charge in [-0.15, -0.1) is 0 Å². The van der Waals surface area contributed by atoms with Crippen LogP contribution in [0.1, 0.15) is 11.1 Å². The minimum Gasteiger partial charge on any atom is -0.493 e. The molecule has 0 saturated carbocycles. The van der Waals surface area contributed by atoms with Gasteiger partial charge in [-0.05, 0) is 36.8 Å². The molecule has 2 aromatic carbocycles. The van der Waals surface area contributed by atoms with E-state index in [1.165, 1.54) is 12.7 Å². The number of carbonyl (C=O) groups excluding carboxylic acids is 1. The van der Waals surface area contributed by atoms with Crippen molar-refractivity contribution in [3.8, 4) is 17.6 Å². The smallest absolute Gasteiger partial charge is 0.260 e. The van der Waals surface area contributed by atoms with Crippen molar-refractivity contribution in [2.75, 3.05) is 44.8 Å². The van der Waals surface area contributed by atoms with Crippen LogP contribution in [0.2, 0.25) is 5.02 Å². The Morgan fingerprint density at radius 1 is 1.14 bits per heavy atom. The van der Waals surface area contributed by atoms with E-state index in [0.29, 0.717) is 35.2 Å². The van der Waals surface area contributed by atoms with E-state index in [1.807, 2.05) is 24.3 Å². The van der Waals surface area contributed by atoms with E-state index in [9.17, 15) is 4.79 Å². The van der Waals surface area contributed by atoms with Crippen LogP contribution in [-0.2, 0) is 4.79 Å². The molecule has 0 aromatic heterocycles. The van der Waals surface area contributed by atoms with Gasteiger partial charge in [-0.2, -0.15) is 5.26 Å². The van der Waals surface area contributed by atoms with E-state index < -0.39 is 0 Å². The third-order valence-electron chi connectivity index (χ3n) is 4.79. The number of piperazine rings is 1. The fourth-order valence-corrected chi connectivity index (χ4v) is 3.37. The van der Waals surface area contributed by atoms with Crippen LogP contribution >= 0.6 is 11.6 Å². The topological polar surface area (TPSA) is 65.8 Å². The number of nitrogens with zero attached hydrogens (tertiary/aromatic N) is 3. The lowest BCUT2D eigenvalue weighted by molar-refractivity contribution is -0.133. The van der Waals surface area contributed by atoms with Gasteiger partial charge in [0.1, 0.15) is 0 Å². The first-order valence-corrected chi connectivity index (χ1v) is 9.39. The highest BCUT2D eigenvalue weighted by Crippen LogP contribution is 2.28. The molecule has 0 aliphatic carbocycles. The van der Waals surface area contributed by atoms with Crippen LogP contribution in [-0.4, -0.2) is 50.7 Å². The number of benzene rings is 2. The van der Waals surface area contributed by atoms with Crippen molar-refractivity contribution in [3.63, 3.8) is 0 Å². The van der Waals surface area contributed by atoms with Crippen LogP contribution in [0.25, 0.3) is 0 Å². The van der Waals surface area contributed by atoms with Gasteiger partial charge in [-0.3, -0.25) is 4.79 Å². The summed E-state index contributed by atoms with van der Waals surface area (Å²) in [7, 11) is 1.50. The summed E-state index contributed by atoms with van der Waals surface area (Å²) in [5, 5.41) is 9.67. The zero-order valence-electron chi connectivity index (χ0n) is 15.9. The summed E-state index contributed by atoms with van der Waals surface area (Å²) in [6, 6.07) is 12.8. The normalized spacial score (nSPS) is 13.8. The zero-order valence-corrected chi connectivity index (χ0v) is 16.7. The third-order valence-corrected chi connectivity index (χ3v) is 5.02. The number of methoxy groups -OCH3 is 1. The van der Waals surface area contributed by atoms with Gasteiger partial charge >= 0.3 is 0 Å². The highest BCUT2D eigenvalue weighted by atomic mass is 35.5. The largest absolute Gasteiger partial charge is 0.493 e. The number of anilines is 1. The van der Waals surface area contributed by atoms with E-state index in [4.69, 9.17) is 26.3 Å². The molecule has 1 aliphatic rings. The minimum absolute atomic E-state index is 0.0710. The second-order valence-corrected chi connectivity index (χ2v) is 7.00. The molecule has 1 heterocycles. The van der Waals surface area contributed by atoms with Crippen molar-refractivity contribution in [2.45, 2.75) is 6.92 Å². The fourth-order valence-electron chi connectivity index (χ4n) is 3.21. The summed E-state index contributed by atoms with van der Waals surface area (Å²) in [5.41, 5.74) is 2.75. The van der Waals surface area contributed by atoms with E-state index in [1.54, 1.807) is 23.1 Å². The molecule has 1 aliphatic heterocycles. The van der Waals surface area contributed by atoms with Gasteiger partial charge in [0.2, 0.25) is 0 Å². The maximum Gasteiger partial charge on any atom is 0.260 e. The van der Waals surface area contributed by atoms with E-state index >= 15 is 0 Å². The lowest BCUT2D eigenvalue weighted by Gasteiger charge is -2.36. The second-order valence-electron chi connectivity index (χ2n) is 6.56. The highest BCUT2D eigenvalue weighted by molar-refractivity contribution is 6.30. The number of halogens is 1. The molecule has 1 amide bonds. The monoisotopic (exact) mass is 399 g/mol. The Balaban J connectivity index is 1.56. The SMILES string of the molecule is COc1cc(C#N)ccc1OCC(=O)N1CCN(c2cc(Cl)ccc2C)CC1. The van der Waals surface area contributed by atoms with Crippen LogP contribution in [0.5, 0.6) is 11.5 Å². The summed E-state index contributed by atoms with van der Waals surface area (Å²) in [4.78, 5) is 16.6. The number of hydrogen-bond donors (Lipinski definition) is 0. The first kappa shape index (κ1) is 19.8. The Hall–Kier alpha value is -2.91. The molecule has 0 bridgehead atoms. The number of amides is 1. The molecule has 28 heavy (non-hydrogen) atoms. The van der Waals surface area contributed by atoms with Gasteiger partial charge in [-0.25, -0.2) is 0 Å². The number of nitriles is 1. The molecule has 6 nitrogen and oxygen atoms in total. The van der Waals surface area contributed by atoms with E-state index in [0.717, 1.165) is 18.8 Å². The Kier molecular flexibility index (Phi) is 6.27. The average molecular weight is 400 g/mol. The predicted molar refractivity (Wildman–Crippen MR) is 108 cm³/mol. The first-order valence-electron chi connectivity index (χ1n) is 9.01. The van der Waals surface area contributed by atoms with Crippen LogP contribution in [0.3, 0.4) is 0 Å². The quantitative estimate of drug-likeness (QED) is 0.772. The molecular formula is C21H22ClN3O3. The van der Waals surface area contributed by atoms with Crippen molar-refractivity contribution in [2.24, 2.45) is 0 Å². The first-order chi connectivity index (χ1) is 13.5. The van der Waals surface area contributed by atoms with Gasteiger partial charge in [0.05, 0.1) is 18.7 Å². The van der Waals surface area contributed by atoms with Crippen LogP contribution < -0.4 is 14.4 Å². The summed E-state index contributed by atoms with van der Waals surface area (Å²) in [6.45, 7) is 4.72. The van der Waals surface area contributed by atoms with E-state index in [2.05, 4.69) is 11.8 Å². The van der Waals surface area contributed by atoms with Crippen LogP contribution in [0.15, 0.2) is 36.4 Å². The molecule has 3 rings (SSSR count). The molecule has 2 aromatic rings. The number of ether oxygens (including phenoxy) is 2. The number of aryl methyl sites for hydroxylation is 1. The molecule has 0 atom stereocenters. The van der Waals surface area contributed by atoms with Crippen molar-refractivity contribution in [3.05, 3.63) is 52.5 Å². The Morgan fingerprint density at radius 2 is 1.89 bits per heavy atom. The van der Waals surface area contributed by atoms with Gasteiger partial charge in [0.25, 0.3) is 5.91 Å². The van der Waals surface area contributed by atoms with Gasteiger partial charge in [0, 0.05) is 43.0 Å². The molecule has 1 fully saturated rings. The Morgan fingerprint density at radius 3 is 2.57 bits per heavy atom. The van der Waals surface area contributed by atoms with E-state index in [-0.39, 0.29) is 12.5 Å². The Labute approximate surface area is 169 Å². The van der Waals surface area contributed by atoms with Crippen molar-refractivity contribution >= 4 is 23.2 Å². The maximum absolute atomic E-state index is 12.5. The molecule has 0 unspecified atom stereocenters. The van der Waals surface area contributed by atoms with Crippen LogP contribution in [0, 0.1) is 18.3 Å². The number of hydrogen-bond acceptors (Lipinski definition) is 5. The summed E-state index contributed by atoms with van der Waals surface area (Å²) < 4.78 is 10.9. The lowest BCUT2D eigenvalue weighted by Crippen LogP contribution is -2.50. The highest BCUT2D eigenvalue weighted by Gasteiger charge is 2.23. The molecule has 0 spiro atoms. The van der Waals surface area contributed by atoms with Gasteiger partial charge in [0.15, 0.2) is 18.1 Å². The molecule has 0 N–H and O–H groups in total. The summed E-state index contributed by atoms with van der Waals surface area (Å²) in [6.07, 6.45) is 0. The molecule has 146 valence electrons. The number of rotatable bonds is 5. The molecular weight excluding hydrogens is 378 g/mol. The fraction of sp³-hybridized carbons (Fsp3) is 0.333. The number of carbonyl (C=O) groups is 1. The Bertz CT molecular complexity index is 902. The maximum atomic E-state index is 12.5. The molecule has 7 heteroatoms.